The molecule has 0 bridgehead atoms. The van der Waals surface area contributed by atoms with Crippen LogP contribution in [0.1, 0.15) is 0 Å². The van der Waals surface area contributed by atoms with Gasteiger partial charge in [-0.3, -0.25) is 0 Å². The van der Waals surface area contributed by atoms with E-state index in [1.165, 1.54) is 0 Å². The molecule has 1 aromatic heterocycles. The van der Waals surface area contributed by atoms with Gasteiger partial charge in [0.1, 0.15) is 34.3 Å². The first kappa shape index (κ1) is 31.3. The SMILES string of the molecule is COc1cccc(N(c2ccc(-c3cc4cc(N(c5cccc(OC)c5)c5cccc(OC)c5)ccc4o3)cc2)c2cccc(OC)c2)c1. The molecule has 0 saturated heterocycles. The Morgan fingerprint density at radius 3 is 1.20 bits per heavy atom. The van der Waals surface area contributed by atoms with E-state index in [0.29, 0.717) is 0 Å². The highest BCUT2D eigenvalue weighted by Crippen LogP contribution is 2.41. The maximum absolute atomic E-state index is 6.40. The van der Waals surface area contributed by atoms with Gasteiger partial charge >= 0.3 is 0 Å². The lowest BCUT2D eigenvalue weighted by atomic mass is 10.1. The molecule has 7 rings (SSSR count). The zero-order chi connectivity index (χ0) is 33.7. The van der Waals surface area contributed by atoms with Gasteiger partial charge in [-0.1, -0.05) is 24.3 Å². The summed E-state index contributed by atoms with van der Waals surface area (Å²) < 4.78 is 28.6. The number of furan rings is 1. The summed E-state index contributed by atoms with van der Waals surface area (Å²) in [5, 5.41) is 0.988. The molecule has 1 heterocycles. The summed E-state index contributed by atoms with van der Waals surface area (Å²) in [6.07, 6.45) is 0. The molecule has 0 amide bonds. The van der Waals surface area contributed by atoms with Crippen LogP contribution in [-0.2, 0) is 0 Å². The van der Waals surface area contributed by atoms with Gasteiger partial charge < -0.3 is 33.2 Å². The van der Waals surface area contributed by atoms with Crippen molar-refractivity contribution in [2.75, 3.05) is 38.2 Å². The minimum atomic E-state index is 0.775. The monoisotopic (exact) mass is 648 g/mol. The number of nitrogens with zero attached hydrogens (tertiary/aromatic N) is 2. The predicted molar refractivity (Wildman–Crippen MR) is 197 cm³/mol. The Balaban J connectivity index is 1.25. The van der Waals surface area contributed by atoms with Gasteiger partial charge in [0.2, 0.25) is 0 Å². The maximum Gasteiger partial charge on any atom is 0.135 e. The largest absolute Gasteiger partial charge is 0.497 e. The Hall–Kier alpha value is -6.34. The molecule has 0 N–H and O–H groups in total. The number of methoxy groups -OCH3 is 4. The second-order valence-corrected chi connectivity index (χ2v) is 11.4. The summed E-state index contributed by atoms with van der Waals surface area (Å²) in [6.45, 7) is 0. The quantitative estimate of drug-likeness (QED) is 0.138. The fourth-order valence-electron chi connectivity index (χ4n) is 5.98. The Labute approximate surface area is 286 Å². The highest BCUT2D eigenvalue weighted by molar-refractivity contribution is 5.90. The maximum atomic E-state index is 6.40. The van der Waals surface area contributed by atoms with E-state index < -0.39 is 0 Å². The van der Waals surface area contributed by atoms with Crippen LogP contribution in [0.5, 0.6) is 23.0 Å². The standard InChI is InChI=1S/C42H36N2O5/c1-45-37-13-5-9-32(25-37)43(33-10-6-14-38(26-33)46-2)31-19-17-29(18-20-31)42-24-30-23-36(21-22-41(30)49-42)44(34-11-7-15-39(27-34)47-3)35-12-8-16-40(28-35)48-4/h5-28H,1-4H3. The molecule has 0 aliphatic rings. The third-order valence-electron chi connectivity index (χ3n) is 8.41. The average Bonchev–Trinajstić information content (AvgIpc) is 3.59. The molecule has 6 aromatic carbocycles. The van der Waals surface area contributed by atoms with Gasteiger partial charge in [-0.25, -0.2) is 0 Å². The van der Waals surface area contributed by atoms with Crippen molar-refractivity contribution in [3.8, 4) is 34.3 Å². The molecule has 0 spiro atoms. The summed E-state index contributed by atoms with van der Waals surface area (Å²) in [6, 6.07) is 48.7. The van der Waals surface area contributed by atoms with Gasteiger partial charge in [-0.15, -0.1) is 0 Å². The Morgan fingerprint density at radius 1 is 0.388 bits per heavy atom. The molecule has 0 unspecified atom stereocenters. The van der Waals surface area contributed by atoms with Gasteiger partial charge in [-0.2, -0.15) is 0 Å². The zero-order valence-electron chi connectivity index (χ0n) is 27.8. The van der Waals surface area contributed by atoms with Crippen LogP contribution in [-0.4, -0.2) is 28.4 Å². The fourth-order valence-corrected chi connectivity index (χ4v) is 5.98. The van der Waals surface area contributed by atoms with E-state index in [2.05, 4.69) is 76.5 Å². The minimum absolute atomic E-state index is 0.775. The summed E-state index contributed by atoms with van der Waals surface area (Å²) in [5.74, 6) is 3.89. The number of hydrogen-bond acceptors (Lipinski definition) is 7. The molecule has 0 aliphatic carbocycles. The number of rotatable bonds is 11. The van der Waals surface area contributed by atoms with Crippen molar-refractivity contribution in [3.05, 3.63) is 146 Å². The molecule has 7 heteroatoms. The third-order valence-corrected chi connectivity index (χ3v) is 8.41. The first-order valence-corrected chi connectivity index (χ1v) is 15.9. The van der Waals surface area contributed by atoms with E-state index in [4.69, 9.17) is 23.4 Å². The molecule has 49 heavy (non-hydrogen) atoms. The van der Waals surface area contributed by atoms with E-state index in [0.717, 1.165) is 79.4 Å². The number of fused-ring (bicyclic) bond motifs is 1. The van der Waals surface area contributed by atoms with Crippen molar-refractivity contribution in [3.63, 3.8) is 0 Å². The van der Waals surface area contributed by atoms with Gasteiger partial charge in [-0.05, 0) is 97.1 Å². The van der Waals surface area contributed by atoms with Crippen LogP contribution in [0.3, 0.4) is 0 Å². The minimum Gasteiger partial charge on any atom is -0.497 e. The molecule has 0 radical (unpaired) electrons. The summed E-state index contributed by atoms with van der Waals surface area (Å²) >= 11 is 0. The van der Waals surface area contributed by atoms with Crippen molar-refractivity contribution >= 4 is 45.1 Å². The number of anilines is 6. The van der Waals surface area contributed by atoms with E-state index in [9.17, 15) is 0 Å². The zero-order valence-corrected chi connectivity index (χ0v) is 27.8. The number of ether oxygens (including phenoxy) is 4. The van der Waals surface area contributed by atoms with Crippen LogP contribution in [0, 0.1) is 0 Å². The summed E-state index contributed by atoms with van der Waals surface area (Å²) in [4.78, 5) is 4.35. The lowest BCUT2D eigenvalue weighted by Crippen LogP contribution is -2.10. The second kappa shape index (κ2) is 13.8. The number of hydrogen-bond donors (Lipinski definition) is 0. The van der Waals surface area contributed by atoms with Crippen LogP contribution in [0.25, 0.3) is 22.3 Å². The third kappa shape index (κ3) is 6.47. The molecular weight excluding hydrogens is 612 g/mol. The highest BCUT2D eigenvalue weighted by Gasteiger charge is 2.18. The second-order valence-electron chi connectivity index (χ2n) is 11.4. The summed E-state index contributed by atoms with van der Waals surface area (Å²) in [7, 11) is 6.70. The lowest BCUT2D eigenvalue weighted by molar-refractivity contribution is 0.414. The van der Waals surface area contributed by atoms with Gasteiger partial charge in [0.25, 0.3) is 0 Å². The average molecular weight is 649 g/mol. The fraction of sp³-hybridized carbons (Fsp3) is 0.0952. The van der Waals surface area contributed by atoms with Gasteiger partial charge in [0.15, 0.2) is 0 Å². The topological polar surface area (TPSA) is 56.5 Å². The van der Waals surface area contributed by atoms with Crippen molar-refractivity contribution in [2.45, 2.75) is 0 Å². The van der Waals surface area contributed by atoms with E-state index in [-0.39, 0.29) is 0 Å². The van der Waals surface area contributed by atoms with Gasteiger partial charge in [0.05, 0.1) is 28.4 Å². The van der Waals surface area contributed by atoms with Crippen LogP contribution >= 0.6 is 0 Å². The first-order valence-electron chi connectivity index (χ1n) is 15.9. The molecule has 7 nitrogen and oxygen atoms in total. The summed E-state index contributed by atoms with van der Waals surface area (Å²) in [5.41, 5.74) is 7.58. The van der Waals surface area contributed by atoms with E-state index >= 15 is 0 Å². The highest BCUT2D eigenvalue weighted by atomic mass is 16.5. The number of benzene rings is 6. The normalized spacial score (nSPS) is 10.9. The molecule has 0 aliphatic heterocycles. The van der Waals surface area contributed by atoms with Crippen LogP contribution in [0.4, 0.5) is 34.1 Å². The molecular formula is C42H36N2O5. The van der Waals surface area contributed by atoms with Crippen LogP contribution in [0.15, 0.2) is 150 Å². The Morgan fingerprint density at radius 2 is 0.776 bits per heavy atom. The van der Waals surface area contributed by atoms with Crippen molar-refractivity contribution in [2.24, 2.45) is 0 Å². The molecule has 244 valence electrons. The molecule has 0 atom stereocenters. The molecule has 0 fully saturated rings. The predicted octanol–water partition coefficient (Wildman–Crippen LogP) is 11.1. The Bertz CT molecular complexity index is 2110. The smallest absolute Gasteiger partial charge is 0.135 e. The van der Waals surface area contributed by atoms with E-state index in [1.54, 1.807) is 28.4 Å². The Kier molecular flexibility index (Phi) is 8.80. The van der Waals surface area contributed by atoms with Crippen molar-refractivity contribution in [1.82, 2.24) is 0 Å². The van der Waals surface area contributed by atoms with Gasteiger partial charge in [0, 0.05) is 69.3 Å². The molecule has 0 saturated carbocycles. The molecule has 7 aromatic rings. The van der Waals surface area contributed by atoms with E-state index in [1.807, 2.05) is 78.9 Å². The van der Waals surface area contributed by atoms with Crippen LogP contribution in [0.2, 0.25) is 0 Å². The van der Waals surface area contributed by atoms with Crippen molar-refractivity contribution in [1.29, 1.82) is 0 Å². The first-order chi connectivity index (χ1) is 24.1. The lowest BCUT2D eigenvalue weighted by Gasteiger charge is -2.26. The van der Waals surface area contributed by atoms with Crippen LogP contribution < -0.4 is 28.7 Å². The van der Waals surface area contributed by atoms with Crippen molar-refractivity contribution < 1.29 is 23.4 Å².